The van der Waals surface area contributed by atoms with Crippen LogP contribution in [0.25, 0.3) is 11.0 Å². The van der Waals surface area contributed by atoms with Crippen LogP contribution in [0.15, 0.2) is 48.5 Å². The maximum absolute atomic E-state index is 14.4. The number of halogens is 1. The van der Waals surface area contributed by atoms with E-state index in [4.69, 9.17) is 34.2 Å². The number of pyridine rings is 1. The number of esters is 1. The summed E-state index contributed by atoms with van der Waals surface area (Å²) in [4.78, 5) is 26.9. The minimum Gasteiger partial charge on any atom is -0.473 e. The number of rotatable bonds is 8. The van der Waals surface area contributed by atoms with Crippen molar-refractivity contribution in [1.29, 1.82) is 5.26 Å². The summed E-state index contributed by atoms with van der Waals surface area (Å²) >= 11 is 0. The maximum atomic E-state index is 14.4. The number of carbonyl (C=O) groups is 1. The predicted octanol–water partition coefficient (Wildman–Crippen LogP) is 4.38. The van der Waals surface area contributed by atoms with Gasteiger partial charge in [0.2, 0.25) is 5.88 Å². The Balaban J connectivity index is 1.10. The largest absolute Gasteiger partial charge is 0.473 e. The first-order valence-electron chi connectivity index (χ1n) is 15.5. The quantitative estimate of drug-likeness (QED) is 0.261. The summed E-state index contributed by atoms with van der Waals surface area (Å²) in [5.74, 6) is 1.29. The lowest BCUT2D eigenvalue weighted by molar-refractivity contribution is -0.0594. The van der Waals surface area contributed by atoms with E-state index in [-0.39, 0.29) is 36.3 Å². The Morgan fingerprint density at radius 3 is 2.80 bits per heavy atom. The minimum atomic E-state index is -0.481. The van der Waals surface area contributed by atoms with Gasteiger partial charge >= 0.3 is 5.97 Å². The minimum absolute atomic E-state index is 0.00255. The average Bonchev–Trinajstić information content (AvgIpc) is 3.32. The van der Waals surface area contributed by atoms with Crippen LogP contribution in [0.4, 0.5) is 10.2 Å². The van der Waals surface area contributed by atoms with Crippen molar-refractivity contribution in [2.45, 2.75) is 51.3 Å². The second kappa shape index (κ2) is 12.7. The number of hydrogen-bond acceptors (Lipinski definition) is 10. The van der Waals surface area contributed by atoms with Crippen molar-refractivity contribution in [3.05, 3.63) is 82.4 Å². The fourth-order valence-corrected chi connectivity index (χ4v) is 6.44. The summed E-state index contributed by atoms with van der Waals surface area (Å²) < 4.78 is 39.4. The molecule has 238 valence electrons. The molecule has 0 spiro atoms. The standard InChI is InChI=1S/C34H35FN6O5/c1-21(32-37-29-7-5-23(34(42)43-2)14-30(29)41(32)17-27-9-12-45-27)39-10-11-40-26(16-39)20-44-18-25-6-8-31(38-33(25)40)46-19-24-4-3-22(15-36)13-28(24)35/h3-8,13-14,21,26-27H,9-12,16-20H2,1-2H3/t21-,26+,27-/m0/s1. The summed E-state index contributed by atoms with van der Waals surface area (Å²) in [7, 11) is 1.39. The average molecular weight is 627 g/mol. The van der Waals surface area contributed by atoms with Crippen LogP contribution < -0.4 is 9.64 Å². The number of carbonyl (C=O) groups excluding carboxylic acids is 1. The van der Waals surface area contributed by atoms with Gasteiger partial charge in [0.05, 0.1) is 73.3 Å². The third-order valence-corrected chi connectivity index (χ3v) is 9.14. The Labute approximate surface area is 266 Å². The van der Waals surface area contributed by atoms with E-state index in [0.717, 1.165) is 60.9 Å². The molecule has 12 heteroatoms. The summed E-state index contributed by atoms with van der Waals surface area (Å²) in [6.45, 7) is 6.82. The van der Waals surface area contributed by atoms with Gasteiger partial charge < -0.3 is 28.4 Å². The van der Waals surface area contributed by atoms with Crippen LogP contribution in [0.3, 0.4) is 0 Å². The van der Waals surface area contributed by atoms with E-state index in [1.807, 2.05) is 24.3 Å². The molecule has 7 rings (SSSR count). The first kappa shape index (κ1) is 30.1. The number of hydrogen-bond donors (Lipinski definition) is 0. The summed E-state index contributed by atoms with van der Waals surface area (Å²) in [5, 5.41) is 9.02. The van der Waals surface area contributed by atoms with Gasteiger partial charge in [0, 0.05) is 43.4 Å². The number of aromatic nitrogens is 3. The molecule has 11 nitrogen and oxygen atoms in total. The van der Waals surface area contributed by atoms with Gasteiger partial charge in [-0.25, -0.2) is 14.2 Å². The third kappa shape index (κ3) is 5.77. The van der Waals surface area contributed by atoms with E-state index < -0.39 is 5.82 Å². The van der Waals surface area contributed by atoms with E-state index in [9.17, 15) is 9.18 Å². The number of fused-ring (bicyclic) bond motifs is 4. The third-order valence-electron chi connectivity index (χ3n) is 9.14. The van der Waals surface area contributed by atoms with Gasteiger partial charge in [-0.2, -0.15) is 10.2 Å². The highest BCUT2D eigenvalue weighted by molar-refractivity contribution is 5.93. The molecule has 0 N–H and O–H groups in total. The second-order valence-electron chi connectivity index (χ2n) is 11.9. The maximum Gasteiger partial charge on any atom is 0.337 e. The molecule has 0 radical (unpaired) electrons. The monoisotopic (exact) mass is 626 g/mol. The van der Waals surface area contributed by atoms with Crippen molar-refractivity contribution in [1.82, 2.24) is 19.4 Å². The molecule has 46 heavy (non-hydrogen) atoms. The molecule has 0 bridgehead atoms. The molecular weight excluding hydrogens is 591 g/mol. The lowest BCUT2D eigenvalue weighted by atomic mass is 10.1. The van der Waals surface area contributed by atoms with Crippen LogP contribution in [-0.2, 0) is 34.0 Å². The number of nitrogens with zero attached hydrogens (tertiary/aromatic N) is 6. The number of imidazole rings is 1. The Bertz CT molecular complexity index is 1820. The van der Waals surface area contributed by atoms with E-state index in [0.29, 0.717) is 36.8 Å². The van der Waals surface area contributed by atoms with Gasteiger partial charge in [-0.3, -0.25) is 4.90 Å². The Kier molecular flexibility index (Phi) is 8.29. The van der Waals surface area contributed by atoms with Crippen molar-refractivity contribution in [3.63, 3.8) is 0 Å². The SMILES string of the molecule is COC(=O)c1ccc2nc([C@H](C)N3CCN4c5nc(OCc6ccc(C#N)cc6F)ccc5COC[C@H]4C3)n(C[C@@H]3CCO3)c2c1. The van der Waals surface area contributed by atoms with Crippen molar-refractivity contribution in [2.24, 2.45) is 0 Å². The van der Waals surface area contributed by atoms with Gasteiger partial charge in [-0.15, -0.1) is 0 Å². The van der Waals surface area contributed by atoms with Crippen LogP contribution in [0, 0.1) is 17.1 Å². The van der Waals surface area contributed by atoms with Gasteiger partial charge in [-0.1, -0.05) is 6.07 Å². The second-order valence-corrected chi connectivity index (χ2v) is 11.9. The molecule has 0 amide bonds. The zero-order valence-corrected chi connectivity index (χ0v) is 25.8. The molecular formula is C34H35FN6O5. The zero-order chi connectivity index (χ0) is 31.8. The molecule has 3 atom stereocenters. The normalized spacial score (nSPS) is 20.2. The highest BCUT2D eigenvalue weighted by Gasteiger charge is 2.36. The van der Waals surface area contributed by atoms with Gasteiger partial charge in [0.15, 0.2) is 0 Å². The van der Waals surface area contributed by atoms with Crippen LogP contribution in [0.5, 0.6) is 5.88 Å². The lowest BCUT2D eigenvalue weighted by Crippen LogP contribution is -2.55. The highest BCUT2D eigenvalue weighted by atomic mass is 19.1. The molecule has 3 aliphatic heterocycles. The van der Waals surface area contributed by atoms with Crippen LogP contribution in [0.1, 0.15) is 52.3 Å². The number of benzene rings is 2. The van der Waals surface area contributed by atoms with Crippen LogP contribution in [0.2, 0.25) is 0 Å². The number of nitriles is 1. The molecule has 4 aromatic rings. The first-order valence-corrected chi connectivity index (χ1v) is 15.5. The van der Waals surface area contributed by atoms with Gasteiger partial charge in [-0.05, 0) is 49.7 Å². The molecule has 5 heterocycles. The Morgan fingerprint density at radius 2 is 2.04 bits per heavy atom. The molecule has 0 saturated carbocycles. The Morgan fingerprint density at radius 1 is 1.17 bits per heavy atom. The van der Waals surface area contributed by atoms with E-state index in [1.165, 1.54) is 13.2 Å². The van der Waals surface area contributed by atoms with E-state index >= 15 is 0 Å². The fourth-order valence-electron chi connectivity index (χ4n) is 6.44. The molecule has 0 unspecified atom stereocenters. The molecule has 2 aromatic carbocycles. The van der Waals surface area contributed by atoms with Gasteiger partial charge in [0.25, 0.3) is 0 Å². The fraction of sp³-hybridized carbons (Fsp3) is 0.412. The number of anilines is 1. The molecule has 2 fully saturated rings. The number of ether oxygens (including phenoxy) is 4. The number of piperazine rings is 1. The lowest BCUT2D eigenvalue weighted by Gasteiger charge is -2.43. The molecule has 3 aliphatic rings. The van der Waals surface area contributed by atoms with E-state index in [1.54, 1.807) is 24.3 Å². The molecule has 2 aromatic heterocycles. The van der Waals surface area contributed by atoms with Crippen LogP contribution >= 0.6 is 0 Å². The van der Waals surface area contributed by atoms with Gasteiger partial charge in [0.1, 0.15) is 24.1 Å². The van der Waals surface area contributed by atoms with Crippen molar-refractivity contribution < 1.29 is 28.1 Å². The summed E-state index contributed by atoms with van der Waals surface area (Å²) in [5.41, 5.74) is 3.81. The van der Waals surface area contributed by atoms with Crippen molar-refractivity contribution in [3.8, 4) is 11.9 Å². The molecule has 2 saturated heterocycles. The summed E-state index contributed by atoms with van der Waals surface area (Å²) in [6.07, 6.45) is 1.10. The van der Waals surface area contributed by atoms with Crippen LogP contribution in [-0.4, -0.2) is 77.5 Å². The van der Waals surface area contributed by atoms with E-state index in [2.05, 4.69) is 21.3 Å². The number of methoxy groups -OCH3 is 1. The predicted molar refractivity (Wildman–Crippen MR) is 166 cm³/mol. The van der Waals surface area contributed by atoms with Crippen molar-refractivity contribution in [2.75, 3.05) is 44.9 Å². The summed E-state index contributed by atoms with van der Waals surface area (Å²) in [6, 6.07) is 15.6. The zero-order valence-electron chi connectivity index (χ0n) is 25.8. The Hall–Kier alpha value is -4.57. The first-order chi connectivity index (χ1) is 22.4. The topological polar surface area (TPSA) is 115 Å². The highest BCUT2D eigenvalue weighted by Crippen LogP contribution is 2.33. The van der Waals surface area contributed by atoms with Crippen molar-refractivity contribution >= 4 is 22.8 Å². The smallest absolute Gasteiger partial charge is 0.337 e. The molecule has 0 aliphatic carbocycles.